The van der Waals surface area contributed by atoms with Crippen LogP contribution in [0.3, 0.4) is 0 Å². The second-order valence-corrected chi connectivity index (χ2v) is 5.10. The van der Waals surface area contributed by atoms with E-state index < -0.39 is 0 Å². The topological polar surface area (TPSA) is 43.1 Å². The number of hydrogen-bond acceptors (Lipinski definition) is 2. The normalized spacial score (nSPS) is 10.8. The molecule has 0 heterocycles. The van der Waals surface area contributed by atoms with Gasteiger partial charge in [0.05, 0.1) is 0 Å². The van der Waals surface area contributed by atoms with Crippen molar-refractivity contribution in [1.29, 1.82) is 0 Å². The fraction of sp³-hybridized carbons (Fsp3) is 0.0556. The number of nitrogen functional groups attached to an aromatic ring is 1. The Labute approximate surface area is 122 Å². The lowest BCUT2D eigenvalue weighted by molar-refractivity contribution is 0.104. The smallest absolute Gasteiger partial charge is 0.193 e. The van der Waals surface area contributed by atoms with Crippen LogP contribution in [0.2, 0.25) is 0 Å². The van der Waals surface area contributed by atoms with Gasteiger partial charge in [-0.3, -0.25) is 4.79 Å². The standard InChI is InChI=1S/C18H14FNO/c1-11-8-12(10-13(20)9-11)18(21)16-6-7-17(19)15-5-3-2-4-14(15)16/h2-10H,20H2,1H3. The third kappa shape index (κ3) is 2.38. The molecule has 0 bridgehead atoms. The van der Waals surface area contributed by atoms with Crippen molar-refractivity contribution in [1.82, 2.24) is 0 Å². The van der Waals surface area contributed by atoms with Crippen LogP contribution in [-0.2, 0) is 0 Å². The van der Waals surface area contributed by atoms with Crippen molar-refractivity contribution < 1.29 is 9.18 Å². The van der Waals surface area contributed by atoms with Gasteiger partial charge >= 0.3 is 0 Å². The predicted octanol–water partition coefficient (Wildman–Crippen LogP) is 4.10. The van der Waals surface area contributed by atoms with Crippen LogP contribution in [0.4, 0.5) is 10.1 Å². The zero-order valence-electron chi connectivity index (χ0n) is 11.6. The van der Waals surface area contributed by atoms with Gasteiger partial charge in [-0.1, -0.05) is 24.3 Å². The Balaban J connectivity index is 2.20. The molecule has 3 aromatic carbocycles. The van der Waals surface area contributed by atoms with Crippen LogP contribution >= 0.6 is 0 Å². The molecule has 0 fully saturated rings. The molecule has 0 amide bonds. The number of hydrogen-bond donors (Lipinski definition) is 1. The average Bonchev–Trinajstić information content (AvgIpc) is 2.46. The molecular weight excluding hydrogens is 265 g/mol. The maximum absolute atomic E-state index is 13.8. The van der Waals surface area contributed by atoms with Crippen molar-refractivity contribution in [3.05, 3.63) is 77.1 Å². The summed E-state index contributed by atoms with van der Waals surface area (Å²) in [6, 6.07) is 15.1. The molecule has 0 aliphatic rings. The lowest BCUT2D eigenvalue weighted by Gasteiger charge is -2.08. The quantitative estimate of drug-likeness (QED) is 0.567. The second kappa shape index (κ2) is 5.02. The van der Waals surface area contributed by atoms with Crippen molar-refractivity contribution in [2.75, 3.05) is 5.73 Å². The van der Waals surface area contributed by atoms with Gasteiger partial charge in [0.2, 0.25) is 0 Å². The highest BCUT2D eigenvalue weighted by Gasteiger charge is 2.15. The first-order valence-corrected chi connectivity index (χ1v) is 6.65. The molecule has 0 saturated heterocycles. The monoisotopic (exact) mass is 279 g/mol. The van der Waals surface area contributed by atoms with Gasteiger partial charge in [0.1, 0.15) is 5.82 Å². The lowest BCUT2D eigenvalue weighted by Crippen LogP contribution is -2.04. The van der Waals surface area contributed by atoms with E-state index in [0.29, 0.717) is 27.6 Å². The summed E-state index contributed by atoms with van der Waals surface area (Å²) in [5, 5.41) is 1.06. The van der Waals surface area contributed by atoms with E-state index in [2.05, 4.69) is 0 Å². The SMILES string of the molecule is Cc1cc(N)cc(C(=O)c2ccc(F)c3ccccc23)c1. The molecule has 3 rings (SSSR count). The number of carbonyl (C=O) groups is 1. The Morgan fingerprint density at radius 2 is 1.71 bits per heavy atom. The summed E-state index contributed by atoms with van der Waals surface area (Å²) in [4.78, 5) is 12.7. The minimum atomic E-state index is -0.328. The molecular formula is C18H14FNO. The predicted molar refractivity (Wildman–Crippen MR) is 82.9 cm³/mol. The van der Waals surface area contributed by atoms with Gasteiger partial charge < -0.3 is 5.73 Å². The third-order valence-electron chi connectivity index (χ3n) is 3.48. The van der Waals surface area contributed by atoms with Crippen molar-refractivity contribution in [2.45, 2.75) is 6.92 Å². The highest BCUT2D eigenvalue weighted by Crippen LogP contribution is 2.25. The van der Waals surface area contributed by atoms with E-state index >= 15 is 0 Å². The number of halogens is 1. The van der Waals surface area contributed by atoms with E-state index in [1.54, 1.807) is 42.5 Å². The van der Waals surface area contributed by atoms with Gasteiger partial charge in [-0.25, -0.2) is 4.39 Å². The van der Waals surface area contributed by atoms with Gasteiger partial charge in [-0.2, -0.15) is 0 Å². The number of nitrogens with two attached hydrogens (primary N) is 1. The summed E-state index contributed by atoms with van der Waals surface area (Å²) < 4.78 is 13.8. The summed E-state index contributed by atoms with van der Waals surface area (Å²) in [5.74, 6) is -0.479. The van der Waals surface area contributed by atoms with E-state index in [4.69, 9.17) is 5.73 Å². The highest BCUT2D eigenvalue weighted by atomic mass is 19.1. The molecule has 0 unspecified atom stereocenters. The molecule has 3 heteroatoms. The summed E-state index contributed by atoms with van der Waals surface area (Å²) in [6.07, 6.45) is 0. The summed E-state index contributed by atoms with van der Waals surface area (Å²) in [7, 11) is 0. The average molecular weight is 279 g/mol. The number of aryl methyl sites for hydroxylation is 1. The van der Waals surface area contributed by atoms with E-state index in [1.165, 1.54) is 12.1 Å². The lowest BCUT2D eigenvalue weighted by atomic mass is 9.96. The minimum Gasteiger partial charge on any atom is -0.399 e. The number of benzene rings is 3. The number of rotatable bonds is 2. The largest absolute Gasteiger partial charge is 0.399 e. The molecule has 104 valence electrons. The van der Waals surface area contributed by atoms with Crippen LogP contribution in [0.25, 0.3) is 10.8 Å². The third-order valence-corrected chi connectivity index (χ3v) is 3.48. The highest BCUT2D eigenvalue weighted by molar-refractivity contribution is 6.16. The molecule has 3 aromatic rings. The molecule has 0 aliphatic heterocycles. The molecule has 2 N–H and O–H groups in total. The number of anilines is 1. The molecule has 0 spiro atoms. The van der Waals surface area contributed by atoms with Gasteiger partial charge in [0.25, 0.3) is 0 Å². The first-order chi connectivity index (χ1) is 10.1. The Bertz CT molecular complexity index is 835. The Morgan fingerprint density at radius 3 is 2.43 bits per heavy atom. The van der Waals surface area contributed by atoms with Crippen molar-refractivity contribution >= 4 is 22.2 Å². The van der Waals surface area contributed by atoms with Crippen LogP contribution in [-0.4, -0.2) is 5.78 Å². The summed E-state index contributed by atoms with van der Waals surface area (Å²) in [5.41, 5.74) is 8.27. The Hall–Kier alpha value is -2.68. The van der Waals surface area contributed by atoms with Gasteiger partial charge in [0.15, 0.2) is 5.78 Å². The maximum atomic E-state index is 13.8. The Morgan fingerprint density at radius 1 is 1.00 bits per heavy atom. The maximum Gasteiger partial charge on any atom is 0.193 e. The fourth-order valence-corrected chi connectivity index (χ4v) is 2.56. The van der Waals surface area contributed by atoms with Crippen LogP contribution in [0.1, 0.15) is 21.5 Å². The minimum absolute atomic E-state index is 0.151. The van der Waals surface area contributed by atoms with Crippen LogP contribution in [0.5, 0.6) is 0 Å². The molecule has 0 atom stereocenters. The van der Waals surface area contributed by atoms with Crippen molar-refractivity contribution in [3.63, 3.8) is 0 Å². The Kier molecular flexibility index (Phi) is 3.18. The fourth-order valence-electron chi connectivity index (χ4n) is 2.56. The first kappa shape index (κ1) is 13.3. The number of ketones is 1. The van der Waals surface area contributed by atoms with E-state index in [0.717, 1.165) is 5.56 Å². The van der Waals surface area contributed by atoms with E-state index in [9.17, 15) is 9.18 Å². The van der Waals surface area contributed by atoms with Crippen LogP contribution < -0.4 is 5.73 Å². The van der Waals surface area contributed by atoms with Crippen LogP contribution in [0.15, 0.2) is 54.6 Å². The van der Waals surface area contributed by atoms with Gasteiger partial charge in [0, 0.05) is 22.2 Å². The summed E-state index contributed by atoms with van der Waals surface area (Å²) >= 11 is 0. The summed E-state index contributed by atoms with van der Waals surface area (Å²) in [6.45, 7) is 1.88. The van der Waals surface area contributed by atoms with Crippen molar-refractivity contribution in [3.8, 4) is 0 Å². The van der Waals surface area contributed by atoms with Crippen molar-refractivity contribution in [2.24, 2.45) is 0 Å². The molecule has 21 heavy (non-hydrogen) atoms. The molecule has 0 aromatic heterocycles. The van der Waals surface area contributed by atoms with Gasteiger partial charge in [-0.05, 0) is 48.2 Å². The van der Waals surface area contributed by atoms with Crippen LogP contribution in [0, 0.1) is 12.7 Å². The molecule has 0 aliphatic carbocycles. The zero-order valence-corrected chi connectivity index (χ0v) is 11.6. The molecule has 2 nitrogen and oxygen atoms in total. The van der Waals surface area contributed by atoms with Gasteiger partial charge in [-0.15, -0.1) is 0 Å². The zero-order chi connectivity index (χ0) is 15.0. The van der Waals surface area contributed by atoms with E-state index in [1.807, 2.05) is 6.92 Å². The first-order valence-electron chi connectivity index (χ1n) is 6.65. The number of carbonyl (C=O) groups excluding carboxylic acids is 1. The van der Waals surface area contributed by atoms with E-state index in [-0.39, 0.29) is 11.6 Å². The molecule has 0 saturated carbocycles. The number of fused-ring (bicyclic) bond motifs is 1. The molecule has 0 radical (unpaired) electrons. The second-order valence-electron chi connectivity index (χ2n) is 5.10.